The van der Waals surface area contributed by atoms with Gasteiger partial charge in [0.15, 0.2) is 6.10 Å². The number of fused-ring (bicyclic) bond motifs is 1. The molecule has 6 nitrogen and oxygen atoms in total. The summed E-state index contributed by atoms with van der Waals surface area (Å²) >= 11 is 0. The van der Waals surface area contributed by atoms with Crippen LogP contribution in [0.2, 0.25) is 0 Å². The summed E-state index contributed by atoms with van der Waals surface area (Å²) in [7, 11) is 0. The molecule has 2 aliphatic rings. The smallest absolute Gasteiger partial charge is 0.266 e. The van der Waals surface area contributed by atoms with Crippen LogP contribution in [-0.4, -0.2) is 17.9 Å². The highest BCUT2D eigenvalue weighted by Crippen LogP contribution is 2.47. The minimum Gasteiger partial charge on any atom is -0.489 e. The number of hydroxylamine groups is 1. The van der Waals surface area contributed by atoms with Crippen LogP contribution in [0.4, 0.5) is 11.4 Å². The van der Waals surface area contributed by atoms with Gasteiger partial charge >= 0.3 is 0 Å². The Balaban J connectivity index is 1.31. The van der Waals surface area contributed by atoms with Crippen molar-refractivity contribution in [1.29, 1.82) is 0 Å². The van der Waals surface area contributed by atoms with Crippen molar-refractivity contribution < 1.29 is 19.2 Å². The summed E-state index contributed by atoms with van der Waals surface area (Å²) in [4.78, 5) is 34.7. The van der Waals surface area contributed by atoms with Crippen molar-refractivity contribution in [3.05, 3.63) is 126 Å². The summed E-state index contributed by atoms with van der Waals surface area (Å²) < 4.78 is 5.96. The Morgan fingerprint density at radius 2 is 1.38 bits per heavy atom. The van der Waals surface area contributed by atoms with E-state index in [4.69, 9.17) is 9.57 Å². The van der Waals surface area contributed by atoms with Gasteiger partial charge in [-0.2, -0.15) is 0 Å². The Kier molecular flexibility index (Phi) is 5.94. The van der Waals surface area contributed by atoms with E-state index in [0.717, 1.165) is 28.1 Å². The molecular formula is C31H26N2O4. The average Bonchev–Trinajstić information content (AvgIpc) is 3.45. The van der Waals surface area contributed by atoms with E-state index in [-0.39, 0.29) is 11.8 Å². The first-order chi connectivity index (χ1) is 18.1. The molecule has 6 heteroatoms. The first kappa shape index (κ1) is 23.0. The summed E-state index contributed by atoms with van der Waals surface area (Å²) in [5, 5.41) is 1.71. The van der Waals surface area contributed by atoms with Crippen LogP contribution in [0.15, 0.2) is 109 Å². The minimum absolute atomic E-state index is 0.258. The molecule has 2 aliphatic heterocycles. The predicted octanol–water partition coefficient (Wildman–Crippen LogP) is 5.63. The Hall–Kier alpha value is -4.42. The second-order valence-corrected chi connectivity index (χ2v) is 9.35. The van der Waals surface area contributed by atoms with Gasteiger partial charge in [0, 0.05) is 0 Å². The number of para-hydroxylation sites is 1. The standard InChI is InChI=1S/C31H26N2O4/c1-21-12-16-24(17-13-21)32-30(34)27-28(33(37-29(27)31(32)35)25-10-6-3-7-11-25)23-14-18-26(19-15-23)36-20-22-8-4-2-5-9-22/h2-19,27-29H,20H2,1H3/t27-,28-,29-/m0/s1. The van der Waals surface area contributed by atoms with Gasteiger partial charge in [0.25, 0.3) is 5.91 Å². The molecule has 2 amide bonds. The Morgan fingerprint density at radius 1 is 0.730 bits per heavy atom. The second-order valence-electron chi connectivity index (χ2n) is 9.35. The van der Waals surface area contributed by atoms with Crippen LogP contribution < -0.4 is 14.7 Å². The zero-order chi connectivity index (χ0) is 25.4. The summed E-state index contributed by atoms with van der Waals surface area (Å²) in [6.07, 6.45) is -0.895. The maximum Gasteiger partial charge on any atom is 0.266 e. The number of ether oxygens (including phenoxy) is 1. The number of amides is 2. The molecule has 0 spiro atoms. The zero-order valence-electron chi connectivity index (χ0n) is 20.4. The normalized spacial score (nSPS) is 20.8. The van der Waals surface area contributed by atoms with E-state index in [1.807, 2.05) is 104 Å². The van der Waals surface area contributed by atoms with Gasteiger partial charge in [-0.3, -0.25) is 14.4 Å². The van der Waals surface area contributed by atoms with Crippen molar-refractivity contribution in [2.45, 2.75) is 25.7 Å². The molecule has 6 rings (SSSR count). The van der Waals surface area contributed by atoms with Crippen molar-refractivity contribution >= 4 is 23.2 Å². The van der Waals surface area contributed by atoms with E-state index in [1.165, 1.54) is 4.90 Å². The fourth-order valence-electron chi connectivity index (χ4n) is 5.00. The molecule has 0 aromatic heterocycles. The van der Waals surface area contributed by atoms with Gasteiger partial charge in [-0.1, -0.05) is 78.4 Å². The van der Waals surface area contributed by atoms with Gasteiger partial charge in [0.05, 0.1) is 17.4 Å². The van der Waals surface area contributed by atoms with Gasteiger partial charge in [0.2, 0.25) is 5.91 Å². The number of imide groups is 1. The molecule has 4 aromatic rings. The number of benzene rings is 4. The Morgan fingerprint density at radius 3 is 2.05 bits per heavy atom. The van der Waals surface area contributed by atoms with Crippen molar-refractivity contribution in [3.63, 3.8) is 0 Å². The SMILES string of the molecule is Cc1ccc(N2C(=O)[C@@H]3[C@H](ON(c4ccccc4)[C@H]3c3ccc(OCc4ccccc4)cc3)C2=O)cc1. The first-order valence-electron chi connectivity index (χ1n) is 12.3. The number of hydrogen-bond acceptors (Lipinski definition) is 5. The lowest BCUT2D eigenvalue weighted by atomic mass is 9.90. The summed E-state index contributed by atoms with van der Waals surface area (Å²) in [5.41, 5.74) is 4.36. The molecule has 0 unspecified atom stereocenters. The van der Waals surface area contributed by atoms with Crippen LogP contribution in [0.25, 0.3) is 0 Å². The van der Waals surface area contributed by atoms with Crippen LogP contribution in [0, 0.1) is 12.8 Å². The zero-order valence-corrected chi connectivity index (χ0v) is 20.4. The van der Waals surface area contributed by atoms with E-state index >= 15 is 0 Å². The van der Waals surface area contributed by atoms with Crippen LogP contribution in [-0.2, 0) is 21.0 Å². The lowest BCUT2D eigenvalue weighted by molar-refractivity contribution is -0.126. The van der Waals surface area contributed by atoms with Crippen LogP contribution in [0.1, 0.15) is 22.7 Å². The van der Waals surface area contributed by atoms with E-state index < -0.39 is 18.1 Å². The van der Waals surface area contributed by atoms with Crippen molar-refractivity contribution in [2.75, 3.05) is 9.96 Å². The molecule has 2 fully saturated rings. The fraction of sp³-hybridized carbons (Fsp3) is 0.161. The van der Waals surface area contributed by atoms with Crippen LogP contribution in [0.5, 0.6) is 5.75 Å². The summed E-state index contributed by atoms with van der Waals surface area (Å²) in [6, 6.07) is 34.1. The van der Waals surface area contributed by atoms with Crippen LogP contribution in [0.3, 0.4) is 0 Å². The number of carbonyl (C=O) groups excluding carboxylic acids is 2. The number of aryl methyl sites for hydroxylation is 1. The lowest BCUT2D eigenvalue weighted by Crippen LogP contribution is -2.37. The number of carbonyl (C=O) groups is 2. The average molecular weight is 491 g/mol. The second kappa shape index (κ2) is 9.56. The topological polar surface area (TPSA) is 59.1 Å². The number of rotatable bonds is 6. The number of hydrogen-bond donors (Lipinski definition) is 0. The van der Waals surface area contributed by atoms with Crippen molar-refractivity contribution in [2.24, 2.45) is 5.92 Å². The third-order valence-corrected chi connectivity index (χ3v) is 6.89. The summed E-state index contributed by atoms with van der Waals surface area (Å²) in [6.45, 7) is 2.43. The lowest BCUT2D eigenvalue weighted by Gasteiger charge is -2.29. The highest BCUT2D eigenvalue weighted by Gasteiger charge is 2.60. The molecule has 184 valence electrons. The highest BCUT2D eigenvalue weighted by molar-refractivity contribution is 6.23. The quantitative estimate of drug-likeness (QED) is 0.328. The Bertz CT molecular complexity index is 1410. The third-order valence-electron chi connectivity index (χ3n) is 6.89. The molecule has 0 bridgehead atoms. The highest BCUT2D eigenvalue weighted by atomic mass is 16.7. The number of anilines is 2. The molecule has 4 aromatic carbocycles. The molecule has 0 radical (unpaired) electrons. The maximum absolute atomic E-state index is 13.7. The third kappa shape index (κ3) is 4.26. The number of nitrogens with zero attached hydrogens (tertiary/aromatic N) is 2. The van der Waals surface area contributed by atoms with E-state index in [0.29, 0.717) is 12.3 Å². The molecule has 0 aliphatic carbocycles. The molecule has 2 heterocycles. The molecule has 2 saturated heterocycles. The molecule has 0 N–H and O–H groups in total. The minimum atomic E-state index is -0.895. The van der Waals surface area contributed by atoms with E-state index in [9.17, 15) is 9.59 Å². The van der Waals surface area contributed by atoms with Crippen molar-refractivity contribution in [1.82, 2.24) is 0 Å². The van der Waals surface area contributed by atoms with Gasteiger partial charge in [-0.25, -0.2) is 9.96 Å². The molecule has 0 saturated carbocycles. The van der Waals surface area contributed by atoms with E-state index in [2.05, 4.69) is 0 Å². The monoisotopic (exact) mass is 490 g/mol. The van der Waals surface area contributed by atoms with Gasteiger partial charge in [-0.05, 0) is 54.4 Å². The predicted molar refractivity (Wildman–Crippen MR) is 141 cm³/mol. The van der Waals surface area contributed by atoms with E-state index in [1.54, 1.807) is 17.2 Å². The fourth-order valence-corrected chi connectivity index (χ4v) is 5.00. The van der Waals surface area contributed by atoms with Crippen molar-refractivity contribution in [3.8, 4) is 5.75 Å². The molecule has 37 heavy (non-hydrogen) atoms. The Labute approximate surface area is 215 Å². The molecular weight excluding hydrogens is 464 g/mol. The van der Waals surface area contributed by atoms with Crippen LogP contribution >= 0.6 is 0 Å². The van der Waals surface area contributed by atoms with Gasteiger partial charge in [-0.15, -0.1) is 0 Å². The van der Waals surface area contributed by atoms with Gasteiger partial charge < -0.3 is 4.74 Å². The maximum atomic E-state index is 13.7. The largest absolute Gasteiger partial charge is 0.489 e. The van der Waals surface area contributed by atoms with Gasteiger partial charge in [0.1, 0.15) is 18.3 Å². The first-order valence-corrected chi connectivity index (χ1v) is 12.3. The summed E-state index contributed by atoms with van der Waals surface area (Å²) in [5.74, 6) is -0.550. The molecule has 3 atom stereocenters.